The van der Waals surface area contributed by atoms with E-state index in [-0.39, 0.29) is 0 Å². The Labute approximate surface area is 117 Å². The molecule has 5 heteroatoms. The Kier molecular flexibility index (Phi) is 3.25. The maximum absolute atomic E-state index is 5.15. The molecule has 2 heterocycles. The zero-order chi connectivity index (χ0) is 13.9. The number of fused-ring (bicyclic) bond motifs is 1. The van der Waals surface area contributed by atoms with E-state index in [0.717, 1.165) is 22.6 Å². The van der Waals surface area contributed by atoms with E-state index in [1.807, 2.05) is 41.9 Å². The van der Waals surface area contributed by atoms with Crippen molar-refractivity contribution in [3.8, 4) is 5.75 Å². The number of methoxy groups -OCH3 is 1. The van der Waals surface area contributed by atoms with Crippen molar-refractivity contribution in [2.24, 2.45) is 7.05 Å². The largest absolute Gasteiger partial charge is 0.497 e. The number of anilines is 1. The molecule has 0 unspecified atom stereocenters. The fraction of sp³-hybridized carbons (Fsp3) is 0.200. The molecule has 0 amide bonds. The predicted octanol–water partition coefficient (Wildman–Crippen LogP) is 2.59. The number of nitrogens with zero attached hydrogens (tertiary/aromatic N) is 3. The highest BCUT2D eigenvalue weighted by Crippen LogP contribution is 2.19. The summed E-state index contributed by atoms with van der Waals surface area (Å²) in [5.41, 5.74) is 3.13. The monoisotopic (exact) mass is 268 g/mol. The van der Waals surface area contributed by atoms with Crippen LogP contribution in [-0.2, 0) is 13.6 Å². The summed E-state index contributed by atoms with van der Waals surface area (Å²) in [6.07, 6.45) is 3.59. The van der Waals surface area contributed by atoms with Gasteiger partial charge in [0.25, 0.3) is 0 Å². The van der Waals surface area contributed by atoms with E-state index in [2.05, 4.69) is 15.3 Å². The number of ether oxygens (including phenoxy) is 1. The summed E-state index contributed by atoms with van der Waals surface area (Å²) in [7, 11) is 3.64. The second kappa shape index (κ2) is 5.21. The van der Waals surface area contributed by atoms with E-state index < -0.39 is 0 Å². The van der Waals surface area contributed by atoms with E-state index in [4.69, 9.17) is 4.74 Å². The fourth-order valence-electron chi connectivity index (χ4n) is 2.12. The highest BCUT2D eigenvalue weighted by molar-refractivity contribution is 5.85. The standard InChI is InChI=1S/C15H16N4O/c1-19-10-18-14-13(19)7-8-16-15(14)17-9-11-3-5-12(20-2)6-4-11/h3-8,10H,9H2,1-2H3,(H,16,17). The van der Waals surface area contributed by atoms with Gasteiger partial charge in [-0.3, -0.25) is 0 Å². The van der Waals surface area contributed by atoms with E-state index in [9.17, 15) is 0 Å². The summed E-state index contributed by atoms with van der Waals surface area (Å²) in [4.78, 5) is 8.73. The molecule has 0 saturated carbocycles. The Morgan fingerprint density at radius 3 is 2.70 bits per heavy atom. The molecule has 0 bridgehead atoms. The summed E-state index contributed by atoms with van der Waals surface area (Å²) in [6.45, 7) is 0.701. The number of aryl methyl sites for hydroxylation is 1. The smallest absolute Gasteiger partial charge is 0.154 e. The van der Waals surface area contributed by atoms with Gasteiger partial charge in [-0.25, -0.2) is 9.97 Å². The van der Waals surface area contributed by atoms with E-state index >= 15 is 0 Å². The average molecular weight is 268 g/mol. The summed E-state index contributed by atoms with van der Waals surface area (Å²) < 4.78 is 7.13. The van der Waals surface area contributed by atoms with Gasteiger partial charge in [-0.1, -0.05) is 12.1 Å². The maximum atomic E-state index is 5.15. The van der Waals surface area contributed by atoms with Gasteiger partial charge in [-0.05, 0) is 23.8 Å². The maximum Gasteiger partial charge on any atom is 0.154 e. The van der Waals surface area contributed by atoms with Gasteiger partial charge in [0.15, 0.2) is 5.82 Å². The SMILES string of the molecule is COc1ccc(CNc2nccc3c2ncn3C)cc1. The lowest BCUT2D eigenvalue weighted by atomic mass is 10.2. The first-order valence-corrected chi connectivity index (χ1v) is 6.41. The van der Waals surface area contributed by atoms with Crippen LogP contribution in [0.15, 0.2) is 42.9 Å². The first-order valence-electron chi connectivity index (χ1n) is 6.41. The van der Waals surface area contributed by atoms with Crippen LogP contribution in [0.4, 0.5) is 5.82 Å². The molecule has 0 radical (unpaired) electrons. The molecule has 0 aliphatic heterocycles. The third-order valence-corrected chi connectivity index (χ3v) is 3.26. The normalized spacial score (nSPS) is 10.7. The summed E-state index contributed by atoms with van der Waals surface area (Å²) in [5, 5.41) is 3.33. The predicted molar refractivity (Wildman–Crippen MR) is 78.8 cm³/mol. The third kappa shape index (κ3) is 2.30. The van der Waals surface area contributed by atoms with Gasteiger partial charge >= 0.3 is 0 Å². The number of rotatable bonds is 4. The lowest BCUT2D eigenvalue weighted by Gasteiger charge is -2.07. The molecule has 5 nitrogen and oxygen atoms in total. The van der Waals surface area contributed by atoms with Crippen molar-refractivity contribution in [2.45, 2.75) is 6.54 Å². The van der Waals surface area contributed by atoms with Gasteiger partial charge in [-0.2, -0.15) is 0 Å². The summed E-state index contributed by atoms with van der Waals surface area (Å²) in [6, 6.07) is 9.92. The summed E-state index contributed by atoms with van der Waals surface area (Å²) in [5.74, 6) is 1.66. The molecular formula is C15H16N4O. The van der Waals surface area contributed by atoms with Crippen molar-refractivity contribution < 1.29 is 4.74 Å². The molecule has 3 rings (SSSR count). The highest BCUT2D eigenvalue weighted by Gasteiger charge is 2.06. The average Bonchev–Trinajstić information content (AvgIpc) is 2.88. The van der Waals surface area contributed by atoms with E-state index in [1.165, 1.54) is 5.56 Å². The zero-order valence-corrected chi connectivity index (χ0v) is 11.5. The van der Waals surface area contributed by atoms with Crippen LogP contribution in [0.1, 0.15) is 5.56 Å². The van der Waals surface area contributed by atoms with Crippen LogP contribution in [0.2, 0.25) is 0 Å². The Hall–Kier alpha value is -2.56. The topological polar surface area (TPSA) is 52.0 Å². The molecule has 3 aromatic rings. The van der Waals surface area contributed by atoms with Gasteiger partial charge in [-0.15, -0.1) is 0 Å². The molecular weight excluding hydrogens is 252 g/mol. The van der Waals surface area contributed by atoms with Crippen LogP contribution in [0, 0.1) is 0 Å². The van der Waals surface area contributed by atoms with Gasteiger partial charge in [0.1, 0.15) is 11.3 Å². The number of imidazole rings is 1. The highest BCUT2D eigenvalue weighted by atomic mass is 16.5. The zero-order valence-electron chi connectivity index (χ0n) is 11.5. The quantitative estimate of drug-likeness (QED) is 0.790. The van der Waals surface area contributed by atoms with E-state index in [1.54, 1.807) is 19.6 Å². The lowest BCUT2D eigenvalue weighted by molar-refractivity contribution is 0.414. The Morgan fingerprint density at radius 2 is 1.95 bits per heavy atom. The van der Waals surface area contributed by atoms with Crippen LogP contribution >= 0.6 is 0 Å². The minimum Gasteiger partial charge on any atom is -0.497 e. The number of benzene rings is 1. The Balaban J connectivity index is 1.79. The molecule has 1 aromatic carbocycles. The molecule has 102 valence electrons. The third-order valence-electron chi connectivity index (χ3n) is 3.26. The number of aromatic nitrogens is 3. The van der Waals surface area contributed by atoms with Gasteiger partial charge in [0.2, 0.25) is 0 Å². The van der Waals surface area contributed by atoms with Gasteiger partial charge in [0, 0.05) is 19.8 Å². The van der Waals surface area contributed by atoms with Crippen LogP contribution in [0.5, 0.6) is 5.75 Å². The molecule has 0 aliphatic rings. The second-order valence-corrected chi connectivity index (χ2v) is 4.58. The molecule has 0 aliphatic carbocycles. The van der Waals surface area contributed by atoms with Crippen LogP contribution < -0.4 is 10.1 Å². The molecule has 0 fully saturated rings. The molecule has 2 aromatic heterocycles. The molecule has 0 spiro atoms. The second-order valence-electron chi connectivity index (χ2n) is 4.58. The van der Waals surface area contributed by atoms with Crippen LogP contribution in [0.3, 0.4) is 0 Å². The minimum absolute atomic E-state index is 0.701. The molecule has 0 atom stereocenters. The fourth-order valence-corrected chi connectivity index (χ4v) is 2.12. The van der Waals surface area contributed by atoms with Crippen molar-refractivity contribution >= 4 is 16.9 Å². The number of hydrogen-bond acceptors (Lipinski definition) is 4. The molecule has 20 heavy (non-hydrogen) atoms. The lowest BCUT2D eigenvalue weighted by Crippen LogP contribution is -2.02. The van der Waals surface area contributed by atoms with Gasteiger partial charge in [0.05, 0.1) is 19.0 Å². The Morgan fingerprint density at radius 1 is 1.15 bits per heavy atom. The first-order chi connectivity index (χ1) is 9.78. The first kappa shape index (κ1) is 12.5. The minimum atomic E-state index is 0.701. The van der Waals surface area contributed by atoms with Crippen molar-refractivity contribution in [3.05, 3.63) is 48.4 Å². The van der Waals surface area contributed by atoms with E-state index in [0.29, 0.717) is 6.54 Å². The number of hydrogen-bond donors (Lipinski definition) is 1. The van der Waals surface area contributed by atoms with Crippen LogP contribution in [-0.4, -0.2) is 21.6 Å². The van der Waals surface area contributed by atoms with Crippen molar-refractivity contribution in [3.63, 3.8) is 0 Å². The van der Waals surface area contributed by atoms with Crippen molar-refractivity contribution in [1.29, 1.82) is 0 Å². The number of nitrogens with one attached hydrogen (secondary N) is 1. The Bertz CT molecular complexity index is 718. The van der Waals surface area contributed by atoms with Crippen molar-refractivity contribution in [2.75, 3.05) is 12.4 Å². The summed E-state index contributed by atoms with van der Waals surface area (Å²) >= 11 is 0. The van der Waals surface area contributed by atoms with Gasteiger partial charge < -0.3 is 14.6 Å². The molecule has 0 saturated heterocycles. The van der Waals surface area contributed by atoms with Crippen molar-refractivity contribution in [1.82, 2.24) is 14.5 Å². The van der Waals surface area contributed by atoms with Crippen LogP contribution in [0.25, 0.3) is 11.0 Å². The number of pyridine rings is 1. The molecule has 1 N–H and O–H groups in total.